The lowest BCUT2D eigenvalue weighted by molar-refractivity contribution is -0.137. The van der Waals surface area contributed by atoms with E-state index in [1.54, 1.807) is 6.08 Å². The number of hydrogen-bond donors (Lipinski definition) is 1. The van der Waals surface area contributed by atoms with Gasteiger partial charge in [-0.2, -0.15) is 0 Å². The normalized spacial score (nSPS) is 16.2. The molecule has 1 saturated heterocycles. The van der Waals surface area contributed by atoms with Crippen molar-refractivity contribution in [1.29, 1.82) is 0 Å². The lowest BCUT2D eigenvalue weighted by Gasteiger charge is -2.12. The second-order valence-electron chi connectivity index (χ2n) is 4.90. The average molecular weight is 351 g/mol. The van der Waals surface area contributed by atoms with Gasteiger partial charge in [0, 0.05) is 6.54 Å². The zero-order valence-electron chi connectivity index (χ0n) is 12.7. The molecule has 1 aliphatic rings. The number of rotatable bonds is 7. The molecule has 23 heavy (non-hydrogen) atoms. The van der Waals surface area contributed by atoms with Gasteiger partial charge in [-0.05, 0) is 30.2 Å². The van der Waals surface area contributed by atoms with Gasteiger partial charge in [-0.25, -0.2) is 0 Å². The fraction of sp³-hybridized carbons (Fsp3) is 0.312. The van der Waals surface area contributed by atoms with Gasteiger partial charge in [-0.3, -0.25) is 14.5 Å². The summed E-state index contributed by atoms with van der Waals surface area (Å²) in [6, 6.07) is 7.47. The fourth-order valence-corrected chi connectivity index (χ4v) is 3.27. The van der Waals surface area contributed by atoms with Crippen LogP contribution in [0.4, 0.5) is 0 Å². The molecule has 1 heterocycles. The molecule has 0 aliphatic carbocycles. The van der Waals surface area contributed by atoms with Crippen LogP contribution in [0.25, 0.3) is 6.08 Å². The molecule has 1 amide bonds. The summed E-state index contributed by atoms with van der Waals surface area (Å²) >= 11 is 6.34. The summed E-state index contributed by atoms with van der Waals surface area (Å²) in [5.74, 6) is -0.452. The second kappa shape index (κ2) is 8.12. The predicted octanol–water partition coefficient (Wildman–Crippen LogP) is 3.15. The number of carboxylic acid groups (broad SMARTS) is 1. The number of carbonyl (C=O) groups excluding carboxylic acids is 1. The maximum Gasteiger partial charge on any atom is 0.305 e. The highest BCUT2D eigenvalue weighted by molar-refractivity contribution is 8.26. The van der Waals surface area contributed by atoms with Crippen molar-refractivity contribution in [2.75, 3.05) is 13.2 Å². The molecule has 0 bridgehead atoms. The van der Waals surface area contributed by atoms with Gasteiger partial charge in [0.1, 0.15) is 10.1 Å². The molecule has 1 fully saturated rings. The first-order valence-corrected chi connectivity index (χ1v) is 8.43. The predicted molar refractivity (Wildman–Crippen MR) is 94.4 cm³/mol. The van der Waals surface area contributed by atoms with Crippen LogP contribution in [0.5, 0.6) is 5.75 Å². The second-order valence-corrected chi connectivity index (χ2v) is 6.57. The van der Waals surface area contributed by atoms with E-state index in [-0.39, 0.29) is 18.9 Å². The van der Waals surface area contributed by atoms with Crippen LogP contribution in [0.3, 0.4) is 0 Å². The van der Waals surface area contributed by atoms with Crippen LogP contribution in [0.15, 0.2) is 29.2 Å². The summed E-state index contributed by atoms with van der Waals surface area (Å²) in [5.41, 5.74) is 0.845. The van der Waals surface area contributed by atoms with E-state index >= 15 is 0 Å². The molecule has 0 aromatic heterocycles. The van der Waals surface area contributed by atoms with Gasteiger partial charge in [0.15, 0.2) is 0 Å². The number of carboxylic acids is 1. The molecule has 7 heteroatoms. The summed E-state index contributed by atoms with van der Waals surface area (Å²) in [4.78, 5) is 24.8. The molecule has 122 valence electrons. The number of ether oxygens (including phenoxy) is 1. The van der Waals surface area contributed by atoms with Crippen LogP contribution < -0.4 is 4.74 Å². The third-order valence-electron chi connectivity index (χ3n) is 3.05. The minimum absolute atomic E-state index is 0.0942. The number of aliphatic carboxylic acids is 1. The molecule has 1 aromatic carbocycles. The largest absolute Gasteiger partial charge is 0.494 e. The molecule has 2 rings (SSSR count). The Labute approximate surface area is 144 Å². The molecule has 1 N–H and O–H groups in total. The first kappa shape index (κ1) is 17.5. The minimum atomic E-state index is -0.955. The van der Waals surface area contributed by atoms with E-state index in [4.69, 9.17) is 22.1 Å². The number of thioether (sulfide) groups is 1. The molecule has 5 nitrogen and oxygen atoms in total. The average Bonchev–Trinajstić information content (AvgIpc) is 2.77. The van der Waals surface area contributed by atoms with Crippen molar-refractivity contribution in [2.24, 2.45) is 0 Å². The van der Waals surface area contributed by atoms with Crippen LogP contribution in [0, 0.1) is 0 Å². The Balaban J connectivity index is 2.12. The van der Waals surface area contributed by atoms with Gasteiger partial charge >= 0.3 is 5.97 Å². The molecule has 0 unspecified atom stereocenters. The third-order valence-corrected chi connectivity index (χ3v) is 4.43. The molecule has 0 spiro atoms. The Morgan fingerprint density at radius 1 is 1.48 bits per heavy atom. The lowest BCUT2D eigenvalue weighted by Crippen LogP contribution is -2.30. The van der Waals surface area contributed by atoms with E-state index in [9.17, 15) is 9.59 Å². The number of hydrogen-bond acceptors (Lipinski definition) is 5. The SMILES string of the molecule is CCCOc1cccc(/C=C2/SC(=S)N(CCC(=O)O)C2=O)c1. The number of benzene rings is 1. The summed E-state index contributed by atoms with van der Waals surface area (Å²) < 4.78 is 5.96. The van der Waals surface area contributed by atoms with E-state index in [2.05, 4.69) is 0 Å². The first-order chi connectivity index (χ1) is 11.0. The standard InChI is InChI=1S/C16H17NO4S2/c1-2-8-21-12-5-3-4-11(9-12)10-13-15(20)17(16(22)23-13)7-6-14(18)19/h3-5,9-10H,2,6-8H2,1H3,(H,18,19)/b13-10+. The first-order valence-electron chi connectivity index (χ1n) is 7.21. The summed E-state index contributed by atoms with van der Waals surface area (Å²) in [7, 11) is 0. The van der Waals surface area contributed by atoms with E-state index in [0.717, 1.165) is 17.7 Å². The molecule has 1 aromatic rings. The Kier molecular flexibility index (Phi) is 6.18. The topological polar surface area (TPSA) is 66.8 Å². The summed E-state index contributed by atoms with van der Waals surface area (Å²) in [6.07, 6.45) is 2.55. The minimum Gasteiger partial charge on any atom is -0.494 e. The Hall–Kier alpha value is -1.86. The zero-order chi connectivity index (χ0) is 16.8. The lowest BCUT2D eigenvalue weighted by atomic mass is 10.2. The van der Waals surface area contributed by atoms with Gasteiger partial charge in [0.25, 0.3) is 5.91 Å². The van der Waals surface area contributed by atoms with E-state index in [1.165, 1.54) is 16.7 Å². The van der Waals surface area contributed by atoms with Crippen molar-refractivity contribution < 1.29 is 19.4 Å². The van der Waals surface area contributed by atoms with E-state index in [0.29, 0.717) is 15.8 Å². The monoisotopic (exact) mass is 351 g/mol. The summed E-state index contributed by atoms with van der Waals surface area (Å²) in [6.45, 7) is 2.77. The highest BCUT2D eigenvalue weighted by atomic mass is 32.2. The van der Waals surface area contributed by atoms with Gasteiger partial charge in [0.05, 0.1) is 17.9 Å². The van der Waals surface area contributed by atoms with Crippen molar-refractivity contribution in [3.8, 4) is 5.75 Å². The highest BCUT2D eigenvalue weighted by Gasteiger charge is 2.31. The molecular formula is C16H17NO4S2. The maximum absolute atomic E-state index is 12.3. The number of nitrogens with zero attached hydrogens (tertiary/aromatic N) is 1. The van der Waals surface area contributed by atoms with Gasteiger partial charge < -0.3 is 9.84 Å². The van der Waals surface area contributed by atoms with Crippen molar-refractivity contribution >= 4 is 46.3 Å². The van der Waals surface area contributed by atoms with Gasteiger partial charge in [0.2, 0.25) is 0 Å². The van der Waals surface area contributed by atoms with Crippen LogP contribution in [-0.2, 0) is 9.59 Å². The molecule has 0 saturated carbocycles. The van der Waals surface area contributed by atoms with E-state index < -0.39 is 5.97 Å². The van der Waals surface area contributed by atoms with Crippen LogP contribution in [0.1, 0.15) is 25.3 Å². The van der Waals surface area contributed by atoms with E-state index in [1.807, 2.05) is 31.2 Å². The van der Waals surface area contributed by atoms with Crippen molar-refractivity contribution in [2.45, 2.75) is 19.8 Å². The quantitative estimate of drug-likeness (QED) is 0.601. The molecule has 0 radical (unpaired) electrons. The van der Waals surface area contributed by atoms with Crippen molar-refractivity contribution in [3.05, 3.63) is 34.7 Å². The van der Waals surface area contributed by atoms with Crippen molar-refractivity contribution in [3.63, 3.8) is 0 Å². The van der Waals surface area contributed by atoms with Crippen LogP contribution in [0.2, 0.25) is 0 Å². The Morgan fingerprint density at radius 3 is 2.96 bits per heavy atom. The third kappa shape index (κ3) is 4.80. The molecule has 1 aliphatic heterocycles. The fourth-order valence-electron chi connectivity index (χ4n) is 1.97. The molecule has 0 atom stereocenters. The zero-order valence-corrected chi connectivity index (χ0v) is 14.3. The Morgan fingerprint density at radius 2 is 2.26 bits per heavy atom. The summed E-state index contributed by atoms with van der Waals surface area (Å²) in [5, 5.41) is 8.73. The maximum atomic E-state index is 12.3. The number of carbonyl (C=O) groups is 2. The number of thiocarbonyl (C=S) groups is 1. The van der Waals surface area contributed by atoms with Crippen LogP contribution in [-0.4, -0.2) is 39.4 Å². The van der Waals surface area contributed by atoms with Gasteiger partial charge in [-0.1, -0.05) is 43.0 Å². The Bertz CT molecular complexity index is 657. The highest BCUT2D eigenvalue weighted by Crippen LogP contribution is 2.33. The van der Waals surface area contributed by atoms with Crippen molar-refractivity contribution in [1.82, 2.24) is 4.90 Å². The van der Waals surface area contributed by atoms with Gasteiger partial charge in [-0.15, -0.1) is 0 Å². The smallest absolute Gasteiger partial charge is 0.305 e. The number of amides is 1. The molecular weight excluding hydrogens is 334 g/mol. The van der Waals surface area contributed by atoms with Crippen LogP contribution >= 0.6 is 24.0 Å².